The van der Waals surface area contributed by atoms with Crippen molar-refractivity contribution in [1.82, 2.24) is 0 Å². The Morgan fingerprint density at radius 2 is 1.50 bits per heavy atom. The second-order valence-corrected chi connectivity index (χ2v) is 7.27. The summed E-state index contributed by atoms with van der Waals surface area (Å²) in [6.45, 7) is 6.13. The minimum atomic E-state index is 0.781. The molecule has 1 saturated carbocycles. The molecule has 0 aliphatic heterocycles. The molecule has 0 nitrogen and oxygen atoms in total. The highest BCUT2D eigenvalue weighted by atomic mass is 14.2. The summed E-state index contributed by atoms with van der Waals surface area (Å²) in [6.07, 6.45) is 9.69. The lowest BCUT2D eigenvalue weighted by atomic mass is 9.59. The molecule has 0 bridgehead atoms. The average molecular weight is 316 g/mol. The van der Waals surface area contributed by atoms with Crippen LogP contribution in [0.25, 0.3) is 11.1 Å². The summed E-state index contributed by atoms with van der Waals surface area (Å²) < 4.78 is 0. The predicted octanol–water partition coefficient (Wildman–Crippen LogP) is 6.40. The Balaban J connectivity index is 1.65. The second-order valence-electron chi connectivity index (χ2n) is 7.27. The van der Waals surface area contributed by atoms with Crippen LogP contribution < -0.4 is 0 Å². The molecule has 2 aromatic carbocycles. The first-order valence-electron chi connectivity index (χ1n) is 9.60. The summed E-state index contributed by atoms with van der Waals surface area (Å²) in [5, 5.41) is 0. The Hall–Kier alpha value is -1.76. The quantitative estimate of drug-likeness (QED) is 0.427. The summed E-state index contributed by atoms with van der Waals surface area (Å²) in [7, 11) is 1.36. The molecular weight excluding hydrogens is 287 g/mol. The first-order chi connectivity index (χ1) is 11.8. The predicted molar refractivity (Wildman–Crippen MR) is 108 cm³/mol. The zero-order chi connectivity index (χ0) is 16.8. The highest BCUT2D eigenvalue weighted by molar-refractivity contribution is 6.35. The Morgan fingerprint density at radius 1 is 0.917 bits per heavy atom. The van der Waals surface area contributed by atoms with Crippen LogP contribution in [0, 0.1) is 0 Å². The van der Waals surface area contributed by atoms with Crippen LogP contribution >= 0.6 is 0 Å². The van der Waals surface area contributed by atoms with E-state index in [4.69, 9.17) is 0 Å². The highest BCUT2D eigenvalue weighted by Gasteiger charge is 2.21. The Morgan fingerprint density at radius 3 is 2.04 bits per heavy atom. The molecule has 0 radical (unpaired) electrons. The van der Waals surface area contributed by atoms with Crippen molar-refractivity contribution in [1.29, 1.82) is 0 Å². The van der Waals surface area contributed by atoms with Gasteiger partial charge in [0.2, 0.25) is 0 Å². The van der Waals surface area contributed by atoms with Crippen molar-refractivity contribution < 1.29 is 0 Å². The molecule has 1 heteroatoms. The summed E-state index contributed by atoms with van der Waals surface area (Å²) in [5.74, 6) is 1.75. The van der Waals surface area contributed by atoms with Crippen molar-refractivity contribution in [2.75, 3.05) is 0 Å². The van der Waals surface area contributed by atoms with Gasteiger partial charge in [0.1, 0.15) is 7.28 Å². The van der Waals surface area contributed by atoms with E-state index in [0.29, 0.717) is 0 Å². The van der Waals surface area contributed by atoms with Gasteiger partial charge in [-0.05, 0) is 53.9 Å². The van der Waals surface area contributed by atoms with Gasteiger partial charge in [-0.2, -0.15) is 0 Å². The maximum atomic E-state index is 3.80. The van der Waals surface area contributed by atoms with Crippen LogP contribution in [0.1, 0.15) is 49.1 Å². The van der Waals surface area contributed by atoms with Crippen LogP contribution in [0.3, 0.4) is 0 Å². The zero-order valence-electron chi connectivity index (χ0n) is 15.0. The third-order valence-corrected chi connectivity index (χ3v) is 5.73. The highest BCUT2D eigenvalue weighted by Crippen LogP contribution is 2.38. The number of hydrogen-bond donors (Lipinski definition) is 0. The lowest BCUT2D eigenvalue weighted by Gasteiger charge is -2.28. The molecule has 0 heterocycles. The van der Waals surface area contributed by atoms with Crippen molar-refractivity contribution >= 4 is 7.28 Å². The van der Waals surface area contributed by atoms with Crippen LogP contribution in [-0.4, -0.2) is 7.28 Å². The molecule has 0 amide bonds. The molecule has 0 atom stereocenters. The molecule has 0 spiro atoms. The van der Waals surface area contributed by atoms with E-state index in [2.05, 4.69) is 61.9 Å². The van der Waals surface area contributed by atoms with Crippen molar-refractivity contribution in [2.24, 2.45) is 0 Å². The standard InChI is InChI=1S/C23H29B/c1-3-4-5-18-6-8-19(9-7-18)20-10-12-21(13-11-20)22-14-16-23(24-2)17-15-22/h3,6-13,22-24H,1,4-5,14-17H2,2H3. The summed E-state index contributed by atoms with van der Waals surface area (Å²) in [5.41, 5.74) is 5.58. The molecule has 0 aromatic heterocycles. The molecule has 0 unspecified atom stereocenters. The molecule has 3 rings (SSSR count). The molecule has 24 heavy (non-hydrogen) atoms. The minimum absolute atomic E-state index is 0.781. The van der Waals surface area contributed by atoms with E-state index in [-0.39, 0.29) is 0 Å². The fourth-order valence-electron chi connectivity index (χ4n) is 3.98. The van der Waals surface area contributed by atoms with Crippen molar-refractivity contribution in [3.05, 3.63) is 72.3 Å². The molecule has 124 valence electrons. The molecule has 0 saturated heterocycles. The van der Waals surface area contributed by atoms with Gasteiger partial charge < -0.3 is 0 Å². The lowest BCUT2D eigenvalue weighted by Crippen LogP contribution is -2.12. The monoisotopic (exact) mass is 316 g/mol. The maximum Gasteiger partial charge on any atom is 0.120 e. The van der Waals surface area contributed by atoms with Crippen LogP contribution in [-0.2, 0) is 6.42 Å². The average Bonchev–Trinajstić information content (AvgIpc) is 2.67. The zero-order valence-corrected chi connectivity index (χ0v) is 15.0. The summed E-state index contributed by atoms with van der Waals surface area (Å²) in [6, 6.07) is 18.3. The van der Waals surface area contributed by atoms with E-state index in [0.717, 1.165) is 24.6 Å². The van der Waals surface area contributed by atoms with E-state index in [9.17, 15) is 0 Å². The number of allylic oxidation sites excluding steroid dienone is 1. The lowest BCUT2D eigenvalue weighted by molar-refractivity contribution is 0.441. The van der Waals surface area contributed by atoms with Gasteiger partial charge in [0.25, 0.3) is 0 Å². The smallest absolute Gasteiger partial charge is 0.103 e. The van der Waals surface area contributed by atoms with Crippen LogP contribution in [0.2, 0.25) is 12.6 Å². The van der Waals surface area contributed by atoms with Crippen LogP contribution in [0.5, 0.6) is 0 Å². The normalized spacial score (nSPS) is 20.5. The van der Waals surface area contributed by atoms with Gasteiger partial charge in [-0.25, -0.2) is 0 Å². The molecule has 1 fully saturated rings. The first kappa shape index (κ1) is 17.1. The molecule has 2 aromatic rings. The van der Waals surface area contributed by atoms with Crippen LogP contribution in [0.15, 0.2) is 61.2 Å². The third-order valence-electron chi connectivity index (χ3n) is 5.73. The van der Waals surface area contributed by atoms with Crippen molar-refractivity contribution in [3.8, 4) is 11.1 Å². The topological polar surface area (TPSA) is 0 Å². The fraction of sp³-hybridized carbons (Fsp3) is 0.391. The number of benzene rings is 2. The van der Waals surface area contributed by atoms with Gasteiger partial charge in [0.15, 0.2) is 0 Å². The van der Waals surface area contributed by atoms with Crippen molar-refractivity contribution in [2.45, 2.75) is 57.1 Å². The van der Waals surface area contributed by atoms with Gasteiger partial charge in [-0.15, -0.1) is 6.58 Å². The second kappa shape index (κ2) is 8.37. The van der Waals surface area contributed by atoms with E-state index in [1.807, 2.05) is 6.08 Å². The maximum absolute atomic E-state index is 3.80. The minimum Gasteiger partial charge on any atom is -0.103 e. The number of aryl methyl sites for hydroxylation is 1. The Labute approximate surface area is 148 Å². The molecule has 1 aliphatic rings. The van der Waals surface area contributed by atoms with E-state index in [1.54, 1.807) is 0 Å². The van der Waals surface area contributed by atoms with Gasteiger partial charge in [-0.1, -0.05) is 80.1 Å². The van der Waals surface area contributed by atoms with Crippen molar-refractivity contribution in [3.63, 3.8) is 0 Å². The van der Waals surface area contributed by atoms with E-state index >= 15 is 0 Å². The van der Waals surface area contributed by atoms with E-state index < -0.39 is 0 Å². The SMILES string of the molecule is C=CCCc1ccc(-c2ccc(C3CCC(BC)CC3)cc2)cc1. The molecule has 0 N–H and O–H groups in total. The van der Waals surface area contributed by atoms with E-state index in [1.165, 1.54) is 55.2 Å². The number of hydrogen-bond acceptors (Lipinski definition) is 0. The largest absolute Gasteiger partial charge is 0.120 e. The van der Waals surface area contributed by atoms with Gasteiger partial charge in [0.05, 0.1) is 0 Å². The Kier molecular flexibility index (Phi) is 5.96. The fourth-order valence-corrected chi connectivity index (χ4v) is 3.98. The summed E-state index contributed by atoms with van der Waals surface area (Å²) >= 11 is 0. The van der Waals surface area contributed by atoms with Crippen LogP contribution in [0.4, 0.5) is 0 Å². The number of rotatable bonds is 6. The molecule has 1 aliphatic carbocycles. The third kappa shape index (κ3) is 4.20. The Bertz CT molecular complexity index is 631. The van der Waals surface area contributed by atoms with Gasteiger partial charge in [0, 0.05) is 0 Å². The van der Waals surface area contributed by atoms with Gasteiger partial charge >= 0.3 is 0 Å². The first-order valence-corrected chi connectivity index (χ1v) is 9.60. The van der Waals surface area contributed by atoms with Gasteiger partial charge in [-0.3, -0.25) is 0 Å². The molecular formula is C23H29B. The summed E-state index contributed by atoms with van der Waals surface area (Å²) in [4.78, 5) is 0.